The second-order valence-electron chi connectivity index (χ2n) is 5.72. The van der Waals surface area contributed by atoms with Gasteiger partial charge in [-0.25, -0.2) is 4.79 Å². The summed E-state index contributed by atoms with van der Waals surface area (Å²) in [4.78, 5) is 13.8. The molecule has 0 aliphatic rings. The zero-order valence-electron chi connectivity index (χ0n) is 14.0. The Balaban J connectivity index is 2.94. The number of nitrogens with zero attached hydrogens (tertiary/aromatic N) is 1. The lowest BCUT2D eigenvalue weighted by Gasteiger charge is -2.33. The van der Waals surface area contributed by atoms with E-state index in [9.17, 15) is 4.79 Å². The SMILES string of the molecule is CCOC(=O)/C=C(\C)c1ccc(N(C(C)C)C(C)C)cc1. The van der Waals surface area contributed by atoms with Crippen molar-refractivity contribution in [2.24, 2.45) is 0 Å². The lowest BCUT2D eigenvalue weighted by Crippen LogP contribution is -2.36. The van der Waals surface area contributed by atoms with E-state index in [0.717, 1.165) is 11.1 Å². The van der Waals surface area contributed by atoms with Crippen molar-refractivity contribution in [1.82, 2.24) is 0 Å². The molecular weight excluding hydrogens is 262 g/mol. The maximum atomic E-state index is 11.5. The Kier molecular flexibility index (Phi) is 6.47. The largest absolute Gasteiger partial charge is 0.463 e. The van der Waals surface area contributed by atoms with Crippen molar-refractivity contribution in [1.29, 1.82) is 0 Å². The number of carbonyl (C=O) groups is 1. The van der Waals surface area contributed by atoms with Crippen LogP contribution in [0, 0.1) is 0 Å². The molecule has 0 radical (unpaired) electrons. The molecule has 0 atom stereocenters. The van der Waals surface area contributed by atoms with Gasteiger partial charge in [-0.1, -0.05) is 12.1 Å². The average Bonchev–Trinajstić information content (AvgIpc) is 2.38. The molecule has 1 aromatic rings. The molecule has 0 amide bonds. The van der Waals surface area contributed by atoms with Gasteiger partial charge >= 0.3 is 5.97 Å². The van der Waals surface area contributed by atoms with Crippen molar-refractivity contribution >= 4 is 17.2 Å². The van der Waals surface area contributed by atoms with Crippen LogP contribution in [0.2, 0.25) is 0 Å². The molecule has 0 unspecified atom stereocenters. The van der Waals surface area contributed by atoms with Gasteiger partial charge in [-0.3, -0.25) is 0 Å². The summed E-state index contributed by atoms with van der Waals surface area (Å²) < 4.78 is 4.94. The molecular formula is C18H27NO2. The molecule has 0 aromatic heterocycles. The first kappa shape index (κ1) is 17.3. The number of benzene rings is 1. The molecule has 1 aromatic carbocycles. The number of hydrogen-bond donors (Lipinski definition) is 0. The quantitative estimate of drug-likeness (QED) is 0.578. The molecule has 3 heteroatoms. The Hall–Kier alpha value is -1.77. The van der Waals surface area contributed by atoms with Gasteiger partial charge in [0, 0.05) is 23.8 Å². The van der Waals surface area contributed by atoms with Gasteiger partial charge in [0.05, 0.1) is 6.61 Å². The third kappa shape index (κ3) is 4.92. The van der Waals surface area contributed by atoms with Crippen LogP contribution in [0.1, 0.15) is 47.1 Å². The number of ether oxygens (including phenoxy) is 1. The molecule has 0 saturated carbocycles. The Labute approximate surface area is 128 Å². The predicted molar refractivity (Wildman–Crippen MR) is 89.5 cm³/mol. The molecule has 0 aliphatic carbocycles. The van der Waals surface area contributed by atoms with E-state index >= 15 is 0 Å². The van der Waals surface area contributed by atoms with E-state index in [-0.39, 0.29) is 5.97 Å². The summed E-state index contributed by atoms with van der Waals surface area (Å²) in [6.45, 7) is 12.9. The second-order valence-corrected chi connectivity index (χ2v) is 5.72. The van der Waals surface area contributed by atoms with E-state index in [4.69, 9.17) is 4.74 Å². The summed E-state index contributed by atoms with van der Waals surface area (Å²) in [5, 5.41) is 0. The van der Waals surface area contributed by atoms with E-state index in [1.165, 1.54) is 5.69 Å². The van der Waals surface area contributed by atoms with Crippen LogP contribution in [-0.4, -0.2) is 24.7 Å². The van der Waals surface area contributed by atoms with E-state index in [1.807, 2.05) is 13.8 Å². The lowest BCUT2D eigenvalue weighted by atomic mass is 10.1. The normalized spacial score (nSPS) is 11.9. The molecule has 0 bridgehead atoms. The molecule has 21 heavy (non-hydrogen) atoms. The van der Waals surface area contributed by atoms with Crippen molar-refractivity contribution in [3.8, 4) is 0 Å². The van der Waals surface area contributed by atoms with Crippen molar-refractivity contribution in [3.63, 3.8) is 0 Å². The Morgan fingerprint density at radius 1 is 1.14 bits per heavy atom. The van der Waals surface area contributed by atoms with E-state index in [0.29, 0.717) is 18.7 Å². The summed E-state index contributed by atoms with van der Waals surface area (Å²) in [6, 6.07) is 9.23. The summed E-state index contributed by atoms with van der Waals surface area (Å²) in [7, 11) is 0. The highest BCUT2D eigenvalue weighted by molar-refractivity contribution is 5.91. The highest BCUT2D eigenvalue weighted by Gasteiger charge is 2.13. The van der Waals surface area contributed by atoms with Crippen molar-refractivity contribution < 1.29 is 9.53 Å². The third-order valence-electron chi connectivity index (χ3n) is 3.35. The monoisotopic (exact) mass is 289 g/mol. The first-order valence-corrected chi connectivity index (χ1v) is 7.60. The van der Waals surface area contributed by atoms with Crippen LogP contribution in [0.25, 0.3) is 5.57 Å². The van der Waals surface area contributed by atoms with Gasteiger partial charge < -0.3 is 9.64 Å². The van der Waals surface area contributed by atoms with Gasteiger partial charge in [-0.05, 0) is 64.8 Å². The molecule has 116 valence electrons. The number of anilines is 1. The fraction of sp³-hybridized carbons (Fsp3) is 0.500. The highest BCUT2D eigenvalue weighted by Crippen LogP contribution is 2.23. The zero-order chi connectivity index (χ0) is 16.0. The number of hydrogen-bond acceptors (Lipinski definition) is 3. The van der Waals surface area contributed by atoms with Gasteiger partial charge in [0.1, 0.15) is 0 Å². The maximum Gasteiger partial charge on any atom is 0.331 e. The fourth-order valence-corrected chi connectivity index (χ4v) is 2.53. The standard InChI is InChI=1S/C18H27NO2/c1-7-21-18(20)12-15(6)16-8-10-17(11-9-16)19(13(2)3)14(4)5/h8-14H,7H2,1-6H3/b15-12+. The van der Waals surface area contributed by atoms with Crippen molar-refractivity contribution in [2.45, 2.75) is 53.6 Å². The Morgan fingerprint density at radius 3 is 2.10 bits per heavy atom. The Bertz CT molecular complexity index is 478. The lowest BCUT2D eigenvalue weighted by molar-refractivity contribution is -0.137. The average molecular weight is 289 g/mol. The predicted octanol–water partition coefficient (Wildman–Crippen LogP) is 4.28. The van der Waals surface area contributed by atoms with Crippen LogP contribution in [-0.2, 0) is 9.53 Å². The van der Waals surface area contributed by atoms with E-state index in [2.05, 4.69) is 56.9 Å². The molecule has 0 N–H and O–H groups in total. The van der Waals surface area contributed by atoms with Gasteiger partial charge in [0.2, 0.25) is 0 Å². The summed E-state index contributed by atoms with van der Waals surface area (Å²) in [5.74, 6) is -0.287. The molecule has 0 fully saturated rings. The number of rotatable bonds is 6. The number of esters is 1. The minimum Gasteiger partial charge on any atom is -0.463 e. The van der Waals surface area contributed by atoms with Crippen LogP contribution in [0.15, 0.2) is 30.3 Å². The second kappa shape index (κ2) is 7.87. The van der Waals surface area contributed by atoms with Crippen molar-refractivity contribution in [3.05, 3.63) is 35.9 Å². The van der Waals surface area contributed by atoms with Crippen LogP contribution < -0.4 is 4.90 Å². The van der Waals surface area contributed by atoms with E-state index < -0.39 is 0 Å². The summed E-state index contributed by atoms with van der Waals surface area (Å²) >= 11 is 0. The van der Waals surface area contributed by atoms with Crippen LogP contribution in [0.5, 0.6) is 0 Å². The maximum absolute atomic E-state index is 11.5. The van der Waals surface area contributed by atoms with Gasteiger partial charge in [0.15, 0.2) is 0 Å². The third-order valence-corrected chi connectivity index (χ3v) is 3.35. The summed E-state index contributed by atoms with van der Waals surface area (Å²) in [6.07, 6.45) is 1.54. The highest BCUT2D eigenvalue weighted by atomic mass is 16.5. The van der Waals surface area contributed by atoms with Crippen LogP contribution >= 0.6 is 0 Å². The van der Waals surface area contributed by atoms with Gasteiger partial charge in [0.25, 0.3) is 0 Å². The van der Waals surface area contributed by atoms with Gasteiger partial charge in [-0.15, -0.1) is 0 Å². The first-order chi connectivity index (χ1) is 9.86. The van der Waals surface area contributed by atoms with E-state index in [1.54, 1.807) is 6.08 Å². The molecule has 3 nitrogen and oxygen atoms in total. The van der Waals surface area contributed by atoms with Crippen molar-refractivity contribution in [2.75, 3.05) is 11.5 Å². The first-order valence-electron chi connectivity index (χ1n) is 7.60. The minimum absolute atomic E-state index is 0.287. The van der Waals surface area contributed by atoms with Crippen LogP contribution in [0.4, 0.5) is 5.69 Å². The smallest absolute Gasteiger partial charge is 0.331 e. The van der Waals surface area contributed by atoms with Gasteiger partial charge in [-0.2, -0.15) is 0 Å². The number of carbonyl (C=O) groups excluding carboxylic acids is 1. The number of allylic oxidation sites excluding steroid dienone is 1. The molecule has 0 aliphatic heterocycles. The minimum atomic E-state index is -0.287. The molecule has 1 rings (SSSR count). The molecule has 0 saturated heterocycles. The summed E-state index contributed by atoms with van der Waals surface area (Å²) in [5.41, 5.74) is 3.16. The Morgan fingerprint density at radius 2 is 1.67 bits per heavy atom. The fourth-order valence-electron chi connectivity index (χ4n) is 2.53. The molecule has 0 spiro atoms. The van der Waals surface area contributed by atoms with Crippen LogP contribution in [0.3, 0.4) is 0 Å². The topological polar surface area (TPSA) is 29.5 Å². The zero-order valence-corrected chi connectivity index (χ0v) is 14.0. The molecule has 0 heterocycles.